The number of carbonyl (C=O) groups excluding carboxylic acids is 1. The number of carbonyl (C=O) groups is 1. The summed E-state index contributed by atoms with van der Waals surface area (Å²) in [6.07, 6.45) is 2.67. The quantitative estimate of drug-likeness (QED) is 0.270. The zero-order valence-electron chi connectivity index (χ0n) is 22.7. The summed E-state index contributed by atoms with van der Waals surface area (Å²) in [5.41, 5.74) is 3.06. The number of ether oxygens (including phenoxy) is 5. The molecule has 2 atom stereocenters. The molecule has 0 radical (unpaired) electrons. The fraction of sp³-hybridized carbons (Fsp3) is 0.536. The van der Waals surface area contributed by atoms with Crippen molar-refractivity contribution in [2.24, 2.45) is 0 Å². The van der Waals surface area contributed by atoms with Crippen LogP contribution in [0.3, 0.4) is 0 Å². The van der Waals surface area contributed by atoms with Gasteiger partial charge in [-0.05, 0) is 88.0 Å². The largest absolute Gasteiger partial charge is 0.493 e. The highest BCUT2D eigenvalue weighted by Crippen LogP contribution is 2.42. The third-order valence-corrected chi connectivity index (χ3v) is 6.51. The molecular weight excluding hydrogens is 573 g/mol. The first-order valence-electron chi connectivity index (χ1n) is 12.0. The first-order valence-corrected chi connectivity index (χ1v) is 12.0. The molecular formula is C28H40INO6. The molecule has 0 aromatic heterocycles. The Morgan fingerprint density at radius 1 is 0.917 bits per heavy atom. The van der Waals surface area contributed by atoms with Gasteiger partial charge in [-0.15, -0.1) is 24.0 Å². The van der Waals surface area contributed by atoms with E-state index in [-0.39, 0.29) is 42.0 Å². The third kappa shape index (κ3) is 7.18. The first-order chi connectivity index (χ1) is 16.6. The average molecular weight is 614 g/mol. The molecule has 0 N–H and O–H groups in total. The van der Waals surface area contributed by atoms with E-state index in [0.717, 1.165) is 18.4 Å². The molecule has 0 bridgehead atoms. The summed E-state index contributed by atoms with van der Waals surface area (Å²) in [4.78, 5) is 14.8. The molecule has 2 unspecified atom stereocenters. The van der Waals surface area contributed by atoms with Gasteiger partial charge < -0.3 is 23.7 Å². The molecule has 1 heterocycles. The lowest BCUT2D eigenvalue weighted by Crippen LogP contribution is -2.42. The van der Waals surface area contributed by atoms with Gasteiger partial charge in [0.15, 0.2) is 23.0 Å². The van der Waals surface area contributed by atoms with Crippen LogP contribution in [-0.2, 0) is 22.4 Å². The van der Waals surface area contributed by atoms with Gasteiger partial charge in [0.05, 0.1) is 28.4 Å². The second kappa shape index (κ2) is 12.9. The monoisotopic (exact) mass is 613 g/mol. The predicted octanol–water partition coefficient (Wildman–Crippen LogP) is 5.60. The minimum Gasteiger partial charge on any atom is -0.493 e. The van der Waals surface area contributed by atoms with Gasteiger partial charge in [-0.25, -0.2) is 0 Å². The molecule has 0 fully saturated rings. The molecule has 0 saturated heterocycles. The zero-order valence-corrected chi connectivity index (χ0v) is 25.0. The number of halogens is 1. The van der Waals surface area contributed by atoms with Crippen molar-refractivity contribution in [3.63, 3.8) is 0 Å². The molecule has 0 saturated carbocycles. The van der Waals surface area contributed by atoms with Gasteiger partial charge in [-0.2, -0.15) is 0 Å². The van der Waals surface area contributed by atoms with Crippen molar-refractivity contribution in [1.29, 1.82) is 0 Å². The van der Waals surface area contributed by atoms with E-state index in [1.54, 1.807) is 28.4 Å². The summed E-state index contributed by atoms with van der Waals surface area (Å²) >= 11 is 0. The van der Waals surface area contributed by atoms with E-state index in [2.05, 4.69) is 30.1 Å². The van der Waals surface area contributed by atoms with E-state index >= 15 is 0 Å². The summed E-state index contributed by atoms with van der Waals surface area (Å²) in [7, 11) is 8.72. The number of hydrogen-bond acceptors (Lipinski definition) is 7. The van der Waals surface area contributed by atoms with E-state index < -0.39 is 5.60 Å². The van der Waals surface area contributed by atoms with Crippen LogP contribution in [0.1, 0.15) is 56.3 Å². The van der Waals surface area contributed by atoms with Gasteiger partial charge in [0, 0.05) is 18.5 Å². The van der Waals surface area contributed by atoms with Gasteiger partial charge in [0.25, 0.3) is 0 Å². The van der Waals surface area contributed by atoms with Crippen LogP contribution >= 0.6 is 24.0 Å². The molecule has 8 heteroatoms. The van der Waals surface area contributed by atoms with Crippen molar-refractivity contribution in [3.8, 4) is 23.0 Å². The maximum Gasteiger partial charge on any atom is 0.306 e. The SMILES string of the molecule is COc1ccc(CC2c3cc(OC)c(OC)cc3CC(CCC(=O)OC(C)(C)C)N2C)cc1OC.I. The van der Waals surface area contributed by atoms with Crippen molar-refractivity contribution in [2.75, 3.05) is 35.5 Å². The van der Waals surface area contributed by atoms with E-state index in [1.807, 2.05) is 32.9 Å². The Bertz CT molecular complexity index is 1040. The van der Waals surface area contributed by atoms with Gasteiger partial charge in [0.2, 0.25) is 0 Å². The van der Waals surface area contributed by atoms with E-state index in [0.29, 0.717) is 35.8 Å². The van der Waals surface area contributed by atoms with Crippen LogP contribution in [0, 0.1) is 0 Å². The third-order valence-electron chi connectivity index (χ3n) is 6.51. The summed E-state index contributed by atoms with van der Waals surface area (Å²) < 4.78 is 27.7. The minimum absolute atomic E-state index is 0. The van der Waals surface area contributed by atoms with Crippen molar-refractivity contribution in [3.05, 3.63) is 47.0 Å². The molecule has 2 aromatic carbocycles. The fourth-order valence-corrected chi connectivity index (χ4v) is 4.76. The van der Waals surface area contributed by atoms with Crippen LogP contribution < -0.4 is 18.9 Å². The highest BCUT2D eigenvalue weighted by Gasteiger charge is 2.34. The van der Waals surface area contributed by atoms with Gasteiger partial charge >= 0.3 is 5.97 Å². The first kappa shape index (κ1) is 30.0. The van der Waals surface area contributed by atoms with Crippen LogP contribution in [0.15, 0.2) is 30.3 Å². The van der Waals surface area contributed by atoms with Crippen molar-refractivity contribution >= 4 is 29.9 Å². The fourth-order valence-electron chi connectivity index (χ4n) is 4.76. The molecule has 2 aromatic rings. The Labute approximate surface area is 232 Å². The second-order valence-corrected chi connectivity index (χ2v) is 9.96. The Hall–Kier alpha value is -2.20. The smallest absolute Gasteiger partial charge is 0.306 e. The zero-order chi connectivity index (χ0) is 25.8. The van der Waals surface area contributed by atoms with Crippen LogP contribution in [0.2, 0.25) is 0 Å². The number of likely N-dealkylation sites (N-methyl/N-ethyl adjacent to an activating group) is 1. The van der Waals surface area contributed by atoms with Crippen molar-refractivity contribution in [2.45, 2.75) is 64.1 Å². The summed E-state index contributed by atoms with van der Waals surface area (Å²) in [6, 6.07) is 10.5. The van der Waals surface area contributed by atoms with Crippen LogP contribution in [0.4, 0.5) is 0 Å². The number of esters is 1. The molecule has 200 valence electrons. The molecule has 3 rings (SSSR count). The molecule has 1 aliphatic heterocycles. The van der Waals surface area contributed by atoms with Gasteiger partial charge in [0.1, 0.15) is 5.60 Å². The second-order valence-electron chi connectivity index (χ2n) is 9.96. The number of benzene rings is 2. The Balaban J connectivity index is 0.00000456. The van der Waals surface area contributed by atoms with E-state index in [9.17, 15) is 4.79 Å². The lowest BCUT2D eigenvalue weighted by Gasteiger charge is -2.41. The van der Waals surface area contributed by atoms with Gasteiger partial charge in [-0.3, -0.25) is 9.69 Å². The maximum atomic E-state index is 12.4. The lowest BCUT2D eigenvalue weighted by molar-refractivity contribution is -0.155. The summed E-state index contributed by atoms with van der Waals surface area (Å²) in [6.45, 7) is 5.69. The molecule has 7 nitrogen and oxygen atoms in total. The Kier molecular flexibility index (Phi) is 10.7. The normalized spacial score (nSPS) is 17.4. The van der Waals surface area contributed by atoms with Crippen molar-refractivity contribution in [1.82, 2.24) is 4.90 Å². The van der Waals surface area contributed by atoms with Crippen LogP contribution in [-0.4, -0.2) is 58.0 Å². The Morgan fingerprint density at radius 3 is 2.08 bits per heavy atom. The summed E-state index contributed by atoms with van der Waals surface area (Å²) in [5, 5.41) is 0. The number of methoxy groups -OCH3 is 4. The Morgan fingerprint density at radius 2 is 1.50 bits per heavy atom. The summed E-state index contributed by atoms with van der Waals surface area (Å²) in [5.74, 6) is 2.67. The van der Waals surface area contributed by atoms with E-state index in [4.69, 9.17) is 23.7 Å². The molecule has 0 spiro atoms. The standard InChI is InChI=1S/C28H39NO6.HI/c1-28(2,3)35-27(30)12-10-20-15-19-16-25(33-7)26(34-8)17-21(19)22(29(20)4)13-18-9-11-23(31-5)24(14-18)32-6;/h9,11,14,16-17,20,22H,10,12-13,15H2,1-8H3;1H. The molecule has 0 amide bonds. The maximum absolute atomic E-state index is 12.4. The molecule has 0 aliphatic carbocycles. The number of fused-ring (bicyclic) bond motifs is 1. The molecule has 36 heavy (non-hydrogen) atoms. The highest BCUT2D eigenvalue weighted by molar-refractivity contribution is 14.0. The highest BCUT2D eigenvalue weighted by atomic mass is 127. The lowest BCUT2D eigenvalue weighted by atomic mass is 9.84. The molecule has 1 aliphatic rings. The topological polar surface area (TPSA) is 66.5 Å². The van der Waals surface area contributed by atoms with Crippen molar-refractivity contribution < 1.29 is 28.5 Å². The number of rotatable bonds is 9. The van der Waals surface area contributed by atoms with Crippen LogP contribution in [0.25, 0.3) is 0 Å². The number of hydrogen-bond donors (Lipinski definition) is 0. The van der Waals surface area contributed by atoms with E-state index in [1.165, 1.54) is 11.1 Å². The van der Waals surface area contributed by atoms with Gasteiger partial charge in [-0.1, -0.05) is 6.07 Å². The average Bonchev–Trinajstić information content (AvgIpc) is 2.82. The van der Waals surface area contributed by atoms with Crippen LogP contribution in [0.5, 0.6) is 23.0 Å². The predicted molar refractivity (Wildman–Crippen MR) is 151 cm³/mol. The minimum atomic E-state index is -0.484. The number of nitrogens with zero attached hydrogens (tertiary/aromatic N) is 1.